The van der Waals surface area contributed by atoms with Crippen molar-refractivity contribution in [2.24, 2.45) is 0 Å². The lowest BCUT2D eigenvalue weighted by atomic mass is 9.94. The van der Waals surface area contributed by atoms with Gasteiger partial charge in [-0.25, -0.2) is 4.98 Å². The average molecular weight is 401 g/mol. The van der Waals surface area contributed by atoms with Crippen LogP contribution in [-0.2, 0) is 14.9 Å². The summed E-state index contributed by atoms with van der Waals surface area (Å²) in [6.07, 6.45) is 1.76. The Balaban J connectivity index is 1.31. The van der Waals surface area contributed by atoms with Crippen LogP contribution in [0.1, 0.15) is 18.4 Å². The van der Waals surface area contributed by atoms with Crippen LogP contribution >= 0.6 is 22.9 Å². The van der Waals surface area contributed by atoms with E-state index < -0.39 is 0 Å². The summed E-state index contributed by atoms with van der Waals surface area (Å²) < 4.78 is 12.0. The highest BCUT2D eigenvalue weighted by Gasteiger charge is 2.51. The molecule has 0 radical (unpaired) electrons. The van der Waals surface area contributed by atoms with Crippen molar-refractivity contribution >= 4 is 39.1 Å². The van der Waals surface area contributed by atoms with E-state index in [1.807, 2.05) is 42.5 Å². The van der Waals surface area contributed by atoms with E-state index in [1.54, 1.807) is 0 Å². The van der Waals surface area contributed by atoms with Gasteiger partial charge < -0.3 is 14.8 Å². The summed E-state index contributed by atoms with van der Waals surface area (Å²) in [5.74, 6) is 0.806. The molecule has 2 heterocycles. The van der Waals surface area contributed by atoms with Crippen LogP contribution in [-0.4, -0.2) is 30.1 Å². The number of fused-ring (bicyclic) bond motifs is 1. The van der Waals surface area contributed by atoms with Crippen molar-refractivity contribution in [3.05, 3.63) is 53.1 Å². The van der Waals surface area contributed by atoms with E-state index in [4.69, 9.17) is 21.1 Å². The molecule has 5 rings (SSSR count). The second kappa shape index (κ2) is 6.48. The molecule has 138 valence electrons. The molecule has 1 aromatic heterocycles. The van der Waals surface area contributed by atoms with Gasteiger partial charge >= 0.3 is 0 Å². The normalized spacial score (nSPS) is 18.1. The van der Waals surface area contributed by atoms with Crippen molar-refractivity contribution in [3.8, 4) is 10.9 Å². The molecule has 2 aliphatic rings. The number of carbonyl (C=O) groups excluding carboxylic acids is 1. The standard InChI is InChI=1S/C20H17ClN2O3S/c21-13-3-6-16-17(9-13)27-19(23-16)26-15-4-1-12(2-5-15)20(7-8-20)18(24)22-14-10-25-11-14/h1-6,9,14H,7-8,10-11H2,(H,22,24). The maximum Gasteiger partial charge on any atom is 0.279 e. The van der Waals surface area contributed by atoms with Gasteiger partial charge in [-0.1, -0.05) is 35.1 Å². The third kappa shape index (κ3) is 3.18. The number of benzene rings is 2. The van der Waals surface area contributed by atoms with E-state index in [9.17, 15) is 4.79 Å². The van der Waals surface area contributed by atoms with Gasteiger partial charge in [0.05, 0.1) is 34.9 Å². The predicted molar refractivity (Wildman–Crippen MR) is 105 cm³/mol. The first-order chi connectivity index (χ1) is 13.1. The minimum Gasteiger partial charge on any atom is -0.431 e. The molecule has 1 aliphatic carbocycles. The van der Waals surface area contributed by atoms with Crippen LogP contribution in [0.25, 0.3) is 10.2 Å². The Morgan fingerprint density at radius 3 is 2.67 bits per heavy atom. The van der Waals surface area contributed by atoms with Gasteiger partial charge in [0.15, 0.2) is 0 Å². The molecule has 0 spiro atoms. The maximum atomic E-state index is 12.6. The van der Waals surface area contributed by atoms with Crippen molar-refractivity contribution in [1.82, 2.24) is 10.3 Å². The quantitative estimate of drug-likeness (QED) is 0.694. The van der Waals surface area contributed by atoms with Gasteiger partial charge in [-0.15, -0.1) is 0 Å². The number of rotatable bonds is 5. The Morgan fingerprint density at radius 1 is 1.22 bits per heavy atom. The second-order valence-electron chi connectivity index (χ2n) is 7.01. The number of thiazole rings is 1. The summed E-state index contributed by atoms with van der Waals surface area (Å²) in [7, 11) is 0. The van der Waals surface area contributed by atoms with Gasteiger partial charge in [-0.3, -0.25) is 4.79 Å². The molecule has 1 aliphatic heterocycles. The summed E-state index contributed by atoms with van der Waals surface area (Å²) >= 11 is 7.48. The van der Waals surface area contributed by atoms with Crippen LogP contribution < -0.4 is 10.1 Å². The molecule has 0 unspecified atom stereocenters. The van der Waals surface area contributed by atoms with E-state index in [-0.39, 0.29) is 17.4 Å². The van der Waals surface area contributed by atoms with Gasteiger partial charge in [0.1, 0.15) is 5.75 Å². The third-order valence-electron chi connectivity index (χ3n) is 5.10. The van der Waals surface area contributed by atoms with Crippen LogP contribution in [0.15, 0.2) is 42.5 Å². The number of halogens is 1. The van der Waals surface area contributed by atoms with E-state index in [0.29, 0.717) is 29.2 Å². The predicted octanol–water partition coefficient (Wildman–Crippen LogP) is 4.29. The number of nitrogens with one attached hydrogen (secondary N) is 1. The van der Waals surface area contributed by atoms with E-state index >= 15 is 0 Å². The zero-order valence-corrected chi connectivity index (χ0v) is 16.0. The van der Waals surface area contributed by atoms with Gasteiger partial charge in [-0.05, 0) is 48.7 Å². The first-order valence-electron chi connectivity index (χ1n) is 8.86. The molecule has 0 atom stereocenters. The van der Waals surface area contributed by atoms with E-state index in [0.717, 1.165) is 28.6 Å². The van der Waals surface area contributed by atoms with Gasteiger partial charge in [0.2, 0.25) is 5.91 Å². The molecule has 1 saturated heterocycles. The maximum absolute atomic E-state index is 12.6. The van der Waals surface area contributed by atoms with E-state index in [2.05, 4.69) is 10.3 Å². The molecule has 1 saturated carbocycles. The Bertz CT molecular complexity index is 1010. The number of ether oxygens (including phenoxy) is 2. The van der Waals surface area contributed by atoms with Gasteiger partial charge in [0.25, 0.3) is 5.19 Å². The highest BCUT2D eigenvalue weighted by molar-refractivity contribution is 7.20. The summed E-state index contributed by atoms with van der Waals surface area (Å²) in [6, 6.07) is 13.5. The van der Waals surface area contributed by atoms with Crippen molar-refractivity contribution in [3.63, 3.8) is 0 Å². The smallest absolute Gasteiger partial charge is 0.279 e. The molecule has 0 bridgehead atoms. The Kier molecular flexibility index (Phi) is 4.07. The highest BCUT2D eigenvalue weighted by atomic mass is 35.5. The van der Waals surface area contributed by atoms with Crippen molar-refractivity contribution in [2.45, 2.75) is 24.3 Å². The first-order valence-corrected chi connectivity index (χ1v) is 10.1. The molecule has 1 amide bonds. The molecular weight excluding hydrogens is 384 g/mol. The van der Waals surface area contributed by atoms with Crippen molar-refractivity contribution in [1.29, 1.82) is 0 Å². The Hall–Kier alpha value is -2.15. The molecule has 3 aromatic rings. The summed E-state index contributed by atoms with van der Waals surface area (Å²) in [4.78, 5) is 17.1. The zero-order chi connectivity index (χ0) is 18.4. The van der Waals surface area contributed by atoms with Crippen LogP contribution in [0.5, 0.6) is 10.9 Å². The average Bonchev–Trinajstić information content (AvgIpc) is 3.34. The van der Waals surface area contributed by atoms with Crippen LogP contribution in [0.3, 0.4) is 0 Å². The number of nitrogens with zero attached hydrogens (tertiary/aromatic N) is 1. The van der Waals surface area contributed by atoms with Crippen molar-refractivity contribution in [2.75, 3.05) is 13.2 Å². The fourth-order valence-corrected chi connectivity index (χ4v) is 4.39. The molecule has 5 nitrogen and oxygen atoms in total. The monoisotopic (exact) mass is 400 g/mol. The lowest BCUT2D eigenvalue weighted by Gasteiger charge is -2.29. The largest absolute Gasteiger partial charge is 0.431 e. The fourth-order valence-electron chi connectivity index (χ4n) is 3.28. The molecule has 1 N–H and O–H groups in total. The topological polar surface area (TPSA) is 60.5 Å². The van der Waals surface area contributed by atoms with Crippen LogP contribution in [0.2, 0.25) is 5.02 Å². The van der Waals surface area contributed by atoms with Gasteiger partial charge in [0, 0.05) is 5.02 Å². The lowest BCUT2D eigenvalue weighted by Crippen LogP contribution is -2.51. The SMILES string of the molecule is O=C(NC1COC1)C1(c2ccc(Oc3nc4ccc(Cl)cc4s3)cc2)CC1. The highest BCUT2D eigenvalue weighted by Crippen LogP contribution is 2.49. The van der Waals surface area contributed by atoms with Gasteiger partial charge in [-0.2, -0.15) is 0 Å². The second-order valence-corrected chi connectivity index (χ2v) is 8.44. The van der Waals surface area contributed by atoms with Crippen LogP contribution in [0, 0.1) is 0 Å². The zero-order valence-electron chi connectivity index (χ0n) is 14.4. The molecule has 27 heavy (non-hydrogen) atoms. The fraction of sp³-hybridized carbons (Fsp3) is 0.300. The lowest BCUT2D eigenvalue weighted by molar-refractivity contribution is -0.127. The summed E-state index contributed by atoms with van der Waals surface area (Å²) in [5.41, 5.74) is 1.51. The van der Waals surface area contributed by atoms with E-state index in [1.165, 1.54) is 11.3 Å². The molecule has 2 aromatic carbocycles. The number of aromatic nitrogens is 1. The third-order valence-corrected chi connectivity index (χ3v) is 6.23. The summed E-state index contributed by atoms with van der Waals surface area (Å²) in [5, 5.41) is 4.33. The molecule has 2 fully saturated rings. The number of amides is 1. The number of hydrogen-bond acceptors (Lipinski definition) is 5. The number of hydrogen-bond donors (Lipinski definition) is 1. The molecular formula is C20H17ClN2O3S. The minimum absolute atomic E-state index is 0.104. The minimum atomic E-state index is -0.388. The first kappa shape index (κ1) is 17.0. The number of carbonyl (C=O) groups is 1. The summed E-state index contributed by atoms with van der Waals surface area (Å²) in [6.45, 7) is 1.23. The van der Waals surface area contributed by atoms with Crippen molar-refractivity contribution < 1.29 is 14.3 Å². The Morgan fingerprint density at radius 2 is 2.00 bits per heavy atom. The van der Waals surface area contributed by atoms with Crippen LogP contribution in [0.4, 0.5) is 0 Å². The molecule has 7 heteroatoms. The Labute approximate surface area is 165 Å².